The van der Waals surface area contributed by atoms with Gasteiger partial charge in [-0.1, -0.05) is 0 Å². The molecule has 0 aliphatic heterocycles. The van der Waals surface area contributed by atoms with Gasteiger partial charge in [0.1, 0.15) is 17.9 Å². The topological polar surface area (TPSA) is 78.7 Å². The summed E-state index contributed by atoms with van der Waals surface area (Å²) in [6, 6.07) is 3.70. The van der Waals surface area contributed by atoms with Crippen LogP contribution in [0.5, 0.6) is 5.75 Å². The van der Waals surface area contributed by atoms with E-state index in [1.807, 2.05) is 0 Å². The van der Waals surface area contributed by atoms with Crippen LogP contribution < -0.4 is 4.74 Å². The van der Waals surface area contributed by atoms with Gasteiger partial charge in [-0.15, -0.1) is 12.3 Å². The molecule has 0 radical (unpaired) electrons. The third-order valence-corrected chi connectivity index (χ3v) is 2.09. The Morgan fingerprint density at radius 2 is 2.28 bits per heavy atom. The molecular weight excluding hydrogens is 238 g/mol. The summed E-state index contributed by atoms with van der Waals surface area (Å²) in [5, 5.41) is 10.6. The predicted octanol–water partition coefficient (Wildman–Crippen LogP) is 1.78. The third-order valence-electron chi connectivity index (χ3n) is 2.09. The number of carbonyl (C=O) groups is 1. The van der Waals surface area contributed by atoms with Gasteiger partial charge in [0.25, 0.3) is 5.69 Å². The van der Waals surface area contributed by atoms with Crippen molar-refractivity contribution in [3.05, 3.63) is 33.9 Å². The fraction of sp³-hybridized carbons (Fsp3) is 0.250. The minimum absolute atomic E-state index is 0.00345. The molecule has 0 aromatic heterocycles. The summed E-state index contributed by atoms with van der Waals surface area (Å²) in [6.45, 7) is 0.0567. The molecule has 0 aliphatic carbocycles. The quantitative estimate of drug-likeness (QED) is 0.261. The van der Waals surface area contributed by atoms with Crippen molar-refractivity contribution in [1.82, 2.24) is 0 Å². The first-order valence-corrected chi connectivity index (χ1v) is 5.03. The van der Waals surface area contributed by atoms with E-state index in [0.717, 1.165) is 6.07 Å². The minimum Gasteiger partial charge on any atom is -0.496 e. The Morgan fingerprint density at radius 1 is 1.56 bits per heavy atom. The van der Waals surface area contributed by atoms with E-state index in [9.17, 15) is 14.9 Å². The highest BCUT2D eigenvalue weighted by Gasteiger charge is 2.18. The molecule has 94 valence electrons. The number of terminal acetylenes is 1. The standard InChI is InChI=1S/C12H11NO5/c1-3-4-7-18-12(14)10-8-9(13(15)16)5-6-11(10)17-2/h1,5-6,8H,4,7H2,2H3. The number of methoxy groups -OCH3 is 1. The van der Waals surface area contributed by atoms with Crippen LogP contribution in [0.25, 0.3) is 0 Å². The normalized spacial score (nSPS) is 9.33. The molecule has 1 rings (SSSR count). The maximum atomic E-state index is 11.7. The lowest BCUT2D eigenvalue weighted by molar-refractivity contribution is -0.384. The summed E-state index contributed by atoms with van der Waals surface area (Å²) >= 11 is 0. The Morgan fingerprint density at radius 3 is 2.83 bits per heavy atom. The van der Waals surface area contributed by atoms with Crippen LogP contribution in [0.1, 0.15) is 16.8 Å². The molecule has 0 atom stereocenters. The zero-order valence-electron chi connectivity index (χ0n) is 9.71. The molecule has 0 N–H and O–H groups in total. The largest absolute Gasteiger partial charge is 0.496 e. The summed E-state index contributed by atoms with van der Waals surface area (Å²) in [7, 11) is 1.36. The highest BCUT2D eigenvalue weighted by molar-refractivity contribution is 5.93. The van der Waals surface area contributed by atoms with Crippen LogP contribution in [-0.4, -0.2) is 24.6 Å². The van der Waals surface area contributed by atoms with Crippen LogP contribution in [0.15, 0.2) is 18.2 Å². The van der Waals surface area contributed by atoms with E-state index in [1.165, 1.54) is 19.2 Å². The number of carbonyl (C=O) groups excluding carboxylic acids is 1. The molecule has 1 aromatic rings. The van der Waals surface area contributed by atoms with E-state index < -0.39 is 10.9 Å². The fourth-order valence-corrected chi connectivity index (χ4v) is 1.25. The monoisotopic (exact) mass is 249 g/mol. The van der Waals surface area contributed by atoms with E-state index in [4.69, 9.17) is 15.9 Å². The van der Waals surface area contributed by atoms with Gasteiger partial charge in [-0.3, -0.25) is 10.1 Å². The highest BCUT2D eigenvalue weighted by atomic mass is 16.6. The van der Waals surface area contributed by atoms with Crippen LogP contribution in [0.3, 0.4) is 0 Å². The lowest BCUT2D eigenvalue weighted by Gasteiger charge is -2.07. The van der Waals surface area contributed by atoms with Gasteiger partial charge >= 0.3 is 5.97 Å². The van der Waals surface area contributed by atoms with Crippen molar-refractivity contribution < 1.29 is 19.2 Å². The van der Waals surface area contributed by atoms with Gasteiger partial charge in [-0.25, -0.2) is 4.79 Å². The number of esters is 1. The lowest BCUT2D eigenvalue weighted by atomic mass is 10.2. The summed E-state index contributed by atoms with van der Waals surface area (Å²) in [4.78, 5) is 21.7. The van der Waals surface area contributed by atoms with Crippen molar-refractivity contribution in [3.8, 4) is 18.1 Å². The van der Waals surface area contributed by atoms with Gasteiger partial charge in [0.2, 0.25) is 0 Å². The first-order valence-electron chi connectivity index (χ1n) is 5.03. The lowest BCUT2D eigenvalue weighted by Crippen LogP contribution is -2.08. The molecule has 0 spiro atoms. The summed E-state index contributed by atoms with van der Waals surface area (Å²) in [6.07, 6.45) is 5.30. The van der Waals surface area contributed by atoms with E-state index in [-0.39, 0.29) is 30.0 Å². The van der Waals surface area contributed by atoms with Gasteiger partial charge in [0.15, 0.2) is 0 Å². The molecule has 1 aromatic carbocycles. The second-order valence-corrected chi connectivity index (χ2v) is 3.23. The van der Waals surface area contributed by atoms with Crippen molar-refractivity contribution in [2.45, 2.75) is 6.42 Å². The molecule has 0 heterocycles. The van der Waals surface area contributed by atoms with Crippen molar-refractivity contribution in [2.24, 2.45) is 0 Å². The van der Waals surface area contributed by atoms with Crippen molar-refractivity contribution in [2.75, 3.05) is 13.7 Å². The number of nitrogens with zero attached hydrogens (tertiary/aromatic N) is 1. The number of hydrogen-bond donors (Lipinski definition) is 0. The first kappa shape index (κ1) is 13.5. The highest BCUT2D eigenvalue weighted by Crippen LogP contribution is 2.24. The summed E-state index contributed by atoms with van der Waals surface area (Å²) in [5.41, 5.74) is -0.205. The Hall–Kier alpha value is -2.55. The summed E-state index contributed by atoms with van der Waals surface area (Å²) in [5.74, 6) is 1.83. The molecule has 6 heteroatoms. The van der Waals surface area contributed by atoms with E-state index in [2.05, 4.69) is 5.92 Å². The number of non-ortho nitro benzene ring substituents is 1. The van der Waals surface area contributed by atoms with E-state index >= 15 is 0 Å². The van der Waals surface area contributed by atoms with Gasteiger partial charge in [0.05, 0.1) is 12.0 Å². The van der Waals surface area contributed by atoms with Gasteiger partial charge in [-0.2, -0.15) is 0 Å². The fourth-order valence-electron chi connectivity index (χ4n) is 1.25. The number of hydrogen-bond acceptors (Lipinski definition) is 5. The average Bonchev–Trinajstić information content (AvgIpc) is 2.38. The Balaban J connectivity index is 2.97. The number of ether oxygens (including phenoxy) is 2. The second-order valence-electron chi connectivity index (χ2n) is 3.23. The smallest absolute Gasteiger partial charge is 0.342 e. The van der Waals surface area contributed by atoms with Crippen molar-refractivity contribution in [1.29, 1.82) is 0 Å². The number of rotatable bonds is 5. The predicted molar refractivity (Wildman–Crippen MR) is 63.4 cm³/mol. The van der Waals surface area contributed by atoms with Gasteiger partial charge in [-0.05, 0) is 6.07 Å². The summed E-state index contributed by atoms with van der Waals surface area (Å²) < 4.78 is 9.81. The molecule has 0 fully saturated rings. The Bertz CT molecular complexity index is 504. The molecular formula is C12H11NO5. The SMILES string of the molecule is C#CCCOC(=O)c1cc([N+](=O)[O-])ccc1OC. The van der Waals surface area contributed by atoms with Gasteiger partial charge < -0.3 is 9.47 Å². The van der Waals surface area contributed by atoms with Gasteiger partial charge in [0, 0.05) is 18.6 Å². The molecule has 0 saturated heterocycles. The zero-order valence-corrected chi connectivity index (χ0v) is 9.71. The van der Waals surface area contributed by atoms with Crippen LogP contribution in [0.4, 0.5) is 5.69 Å². The molecule has 0 unspecified atom stereocenters. The van der Waals surface area contributed by atoms with Crippen LogP contribution in [0, 0.1) is 22.5 Å². The molecule has 0 saturated carbocycles. The van der Waals surface area contributed by atoms with Crippen LogP contribution in [0.2, 0.25) is 0 Å². The number of nitro groups is 1. The zero-order chi connectivity index (χ0) is 13.5. The Labute approximate surface area is 104 Å². The van der Waals surface area contributed by atoms with Crippen LogP contribution >= 0.6 is 0 Å². The minimum atomic E-state index is -0.703. The maximum absolute atomic E-state index is 11.7. The number of nitro benzene ring substituents is 1. The van der Waals surface area contributed by atoms with Crippen LogP contribution in [-0.2, 0) is 4.74 Å². The molecule has 0 bridgehead atoms. The third kappa shape index (κ3) is 3.22. The average molecular weight is 249 g/mol. The molecule has 0 aliphatic rings. The van der Waals surface area contributed by atoms with Crippen molar-refractivity contribution >= 4 is 11.7 Å². The molecule has 18 heavy (non-hydrogen) atoms. The second kappa shape index (κ2) is 6.25. The molecule has 0 amide bonds. The molecule has 6 nitrogen and oxygen atoms in total. The Kier molecular flexibility index (Phi) is 4.69. The number of benzene rings is 1. The van der Waals surface area contributed by atoms with E-state index in [1.54, 1.807) is 0 Å². The van der Waals surface area contributed by atoms with Crippen molar-refractivity contribution in [3.63, 3.8) is 0 Å². The van der Waals surface area contributed by atoms with E-state index in [0.29, 0.717) is 0 Å². The first-order chi connectivity index (χ1) is 8.60. The maximum Gasteiger partial charge on any atom is 0.342 e.